The number of ether oxygens (including phenoxy) is 1. The van der Waals surface area contributed by atoms with Crippen molar-refractivity contribution in [1.29, 1.82) is 0 Å². The van der Waals surface area contributed by atoms with Crippen LogP contribution in [0.3, 0.4) is 0 Å². The van der Waals surface area contributed by atoms with E-state index < -0.39 is 47.4 Å². The number of H-pyrrole nitrogens is 2. The lowest BCUT2D eigenvalue weighted by Gasteiger charge is -2.14. The van der Waals surface area contributed by atoms with Crippen molar-refractivity contribution in [2.45, 2.75) is 37.4 Å². The van der Waals surface area contributed by atoms with Gasteiger partial charge in [0.1, 0.15) is 18.3 Å². The fourth-order valence-corrected chi connectivity index (χ4v) is 5.51. The van der Waals surface area contributed by atoms with E-state index in [1.807, 2.05) is 29.0 Å². The van der Waals surface area contributed by atoms with E-state index in [0.717, 1.165) is 16.5 Å². The van der Waals surface area contributed by atoms with E-state index >= 15 is 0 Å². The number of carbonyl (C=O) groups excluding carboxylic acids is 1. The molecule has 0 unspecified atom stereocenters. The molecule has 1 aromatic carbocycles. The van der Waals surface area contributed by atoms with E-state index in [2.05, 4.69) is 19.9 Å². The lowest BCUT2D eigenvalue weighted by molar-refractivity contribution is -0.745. The second kappa shape index (κ2) is 9.58. The predicted octanol–water partition coefficient (Wildman–Crippen LogP) is -0.809. The summed E-state index contributed by atoms with van der Waals surface area (Å²) in [6.45, 7) is -0.650. The summed E-state index contributed by atoms with van der Waals surface area (Å²) in [4.78, 5) is 27.0. The number of fused-ring (bicyclic) bond motifs is 4. The normalized spacial score (nSPS) is 21.8. The van der Waals surface area contributed by atoms with Gasteiger partial charge in [-0.1, -0.05) is 23.2 Å². The van der Waals surface area contributed by atoms with Crippen molar-refractivity contribution in [3.8, 4) is 0 Å². The molecule has 1 aliphatic heterocycles. The third-order valence-electron chi connectivity index (χ3n) is 6.68. The van der Waals surface area contributed by atoms with Gasteiger partial charge in [-0.3, -0.25) is 18.4 Å². The molecule has 0 aliphatic carbocycles. The Balaban J connectivity index is 1.09. The highest BCUT2D eigenvalue weighted by Gasteiger charge is 2.47. The number of imidazole rings is 2. The van der Waals surface area contributed by atoms with E-state index in [-0.39, 0.29) is 12.4 Å². The number of aryl methyl sites for hydroxylation is 1. The second-order valence-corrected chi connectivity index (χ2v) is 10.5. The lowest BCUT2D eigenvalue weighted by atomic mass is 10.1. The highest BCUT2D eigenvalue weighted by molar-refractivity contribution is 7.85. The number of nitrogens with zero attached hydrogens (tertiary/aromatic N) is 4. The highest BCUT2D eigenvalue weighted by atomic mass is 32.2. The molecular formula is C23H25N8O7S+. The Labute approximate surface area is 220 Å². The number of aromatic amines is 2. The highest BCUT2D eigenvalue weighted by Crippen LogP contribution is 2.28. The number of nitrogens with two attached hydrogens (primary N) is 1. The van der Waals surface area contributed by atoms with Crippen LogP contribution in [0.4, 0.5) is 5.95 Å². The number of amides is 1. The molecule has 6 rings (SSSR count). The molecule has 1 saturated heterocycles. The largest absolute Gasteiger partial charge is 0.387 e. The minimum absolute atomic E-state index is 0.0924. The van der Waals surface area contributed by atoms with Gasteiger partial charge in [-0.2, -0.15) is 8.42 Å². The molecule has 204 valence electrons. The summed E-state index contributed by atoms with van der Waals surface area (Å²) in [6.07, 6.45) is 1.35. The molecule has 39 heavy (non-hydrogen) atoms. The maximum atomic E-state index is 12.4. The lowest BCUT2D eigenvalue weighted by Crippen LogP contribution is -2.45. The molecule has 4 atom stereocenters. The van der Waals surface area contributed by atoms with E-state index in [1.165, 1.54) is 10.9 Å². The van der Waals surface area contributed by atoms with Crippen molar-refractivity contribution in [2.75, 3.05) is 12.3 Å². The van der Waals surface area contributed by atoms with Crippen LogP contribution in [0.25, 0.3) is 27.7 Å². The molecule has 4 aromatic heterocycles. The van der Waals surface area contributed by atoms with Gasteiger partial charge in [0, 0.05) is 35.9 Å². The molecule has 1 aliphatic rings. The quantitative estimate of drug-likeness (QED) is 0.131. The molecule has 5 heterocycles. The van der Waals surface area contributed by atoms with Gasteiger partial charge in [-0.05, 0) is 18.1 Å². The molecule has 0 radical (unpaired) electrons. The number of hydrogen-bond acceptors (Lipinski definition) is 10. The third kappa shape index (κ3) is 4.57. The molecule has 16 heteroatoms. The predicted molar refractivity (Wildman–Crippen MR) is 135 cm³/mol. The van der Waals surface area contributed by atoms with Crippen LogP contribution >= 0.6 is 0 Å². The number of nitrogen functional groups attached to an aromatic ring is 1. The smallest absolute Gasteiger partial charge is 0.362 e. The zero-order chi connectivity index (χ0) is 27.3. The average molecular weight is 558 g/mol. The SMILES string of the molecule is Nc1nc2c([nH]c[n+]2[C@@H]2O[C@H](COS(=O)(=O)NC(=O)CCc3c[nH]c4ccccc34)[C@@H](O)[C@H]2O)c2nccn12. The van der Waals surface area contributed by atoms with E-state index in [1.54, 1.807) is 23.0 Å². The summed E-state index contributed by atoms with van der Waals surface area (Å²) >= 11 is 0. The molecule has 7 N–H and O–H groups in total. The van der Waals surface area contributed by atoms with Gasteiger partial charge in [0.25, 0.3) is 5.95 Å². The first-order chi connectivity index (χ1) is 18.7. The maximum Gasteiger partial charge on any atom is 0.362 e. The van der Waals surface area contributed by atoms with E-state index in [0.29, 0.717) is 23.2 Å². The Bertz CT molecular complexity index is 1800. The number of aliphatic hydroxyl groups is 2. The molecule has 5 aromatic rings. The van der Waals surface area contributed by atoms with Crippen molar-refractivity contribution >= 4 is 49.9 Å². The fraction of sp³-hybridized carbons (Fsp3) is 0.304. The molecule has 15 nitrogen and oxygen atoms in total. The monoisotopic (exact) mass is 557 g/mol. The van der Waals surface area contributed by atoms with Crippen LogP contribution in [0.15, 0.2) is 49.2 Å². The van der Waals surface area contributed by atoms with E-state index in [9.17, 15) is 23.4 Å². The first kappa shape index (κ1) is 25.2. The van der Waals surface area contributed by atoms with Gasteiger partial charge in [0.15, 0.2) is 12.0 Å². The molecular weight excluding hydrogens is 532 g/mol. The van der Waals surface area contributed by atoms with Gasteiger partial charge >= 0.3 is 16.0 Å². The van der Waals surface area contributed by atoms with E-state index in [4.69, 9.17) is 14.7 Å². The first-order valence-corrected chi connectivity index (χ1v) is 13.4. The fourth-order valence-electron chi connectivity index (χ4n) is 4.76. The van der Waals surface area contributed by atoms with Crippen LogP contribution in [0.1, 0.15) is 18.2 Å². The minimum atomic E-state index is -4.51. The summed E-state index contributed by atoms with van der Waals surface area (Å²) in [5, 5.41) is 22.1. The Kier molecular flexibility index (Phi) is 6.19. The van der Waals surface area contributed by atoms with Crippen LogP contribution < -0.4 is 15.0 Å². The summed E-state index contributed by atoms with van der Waals surface area (Å²) in [6, 6.07) is 7.57. The third-order valence-corrected chi connectivity index (χ3v) is 7.61. The topological polar surface area (TPSA) is 214 Å². The first-order valence-electron chi connectivity index (χ1n) is 12.0. The maximum absolute atomic E-state index is 12.4. The Morgan fingerprint density at radius 2 is 2.08 bits per heavy atom. The number of anilines is 1. The van der Waals surface area contributed by atoms with Crippen LogP contribution in [-0.4, -0.2) is 73.8 Å². The number of hydrogen-bond donors (Lipinski definition) is 6. The zero-order valence-corrected chi connectivity index (χ0v) is 21.1. The Morgan fingerprint density at radius 1 is 1.26 bits per heavy atom. The molecule has 0 bridgehead atoms. The number of rotatable bonds is 8. The summed E-state index contributed by atoms with van der Waals surface area (Å²) in [5.74, 6) is -0.614. The standard InChI is InChI=1S/C23H24N8O7S/c24-23-28-21-17(20-25-7-8-30(20)23)27-11-31(21)22-19(34)18(33)15(38-22)10-37-39(35,36)29-16(32)6-5-12-9-26-14-4-2-1-3-13(12)14/h1-4,7-9,11,15,18-19,22,26,33-34H,5-6,10H2,(H3,24,25,28,29,32)/p+1/t15-,18-,19-,22-/m1/s1. The Morgan fingerprint density at radius 3 is 2.92 bits per heavy atom. The minimum Gasteiger partial charge on any atom is -0.387 e. The van der Waals surface area contributed by atoms with Crippen LogP contribution in [-0.2, 0) is 30.4 Å². The summed E-state index contributed by atoms with van der Waals surface area (Å²) in [7, 11) is -4.51. The number of benzene rings is 1. The number of para-hydroxylation sites is 1. The van der Waals surface area contributed by atoms with Gasteiger partial charge in [-0.25, -0.2) is 14.3 Å². The number of aromatic nitrogens is 6. The van der Waals surface area contributed by atoms with Crippen molar-refractivity contribution in [3.63, 3.8) is 0 Å². The molecule has 1 amide bonds. The number of nitrogens with one attached hydrogen (secondary N) is 3. The van der Waals surface area contributed by atoms with Gasteiger partial charge in [0.2, 0.25) is 17.7 Å². The van der Waals surface area contributed by atoms with Gasteiger partial charge in [-0.15, -0.1) is 0 Å². The number of aliphatic hydroxyl groups excluding tert-OH is 2. The van der Waals surface area contributed by atoms with Crippen LogP contribution in [0.5, 0.6) is 0 Å². The van der Waals surface area contributed by atoms with Crippen molar-refractivity contribution in [2.24, 2.45) is 0 Å². The zero-order valence-electron chi connectivity index (χ0n) is 20.3. The molecule has 0 spiro atoms. The molecule has 0 saturated carbocycles. The van der Waals surface area contributed by atoms with Crippen molar-refractivity contribution in [3.05, 3.63) is 54.7 Å². The van der Waals surface area contributed by atoms with Gasteiger partial charge in [0.05, 0.1) is 6.61 Å². The van der Waals surface area contributed by atoms with Gasteiger partial charge < -0.3 is 25.7 Å². The van der Waals surface area contributed by atoms with Crippen LogP contribution in [0, 0.1) is 0 Å². The summed E-state index contributed by atoms with van der Waals surface area (Å²) < 4.78 is 40.2. The molecule has 1 fully saturated rings. The second-order valence-electron chi connectivity index (χ2n) is 9.14. The van der Waals surface area contributed by atoms with Crippen molar-refractivity contribution in [1.82, 2.24) is 29.1 Å². The average Bonchev–Trinajstić information content (AvgIpc) is 3.68. The summed E-state index contributed by atoms with van der Waals surface area (Å²) in [5.41, 5.74) is 9.10. The van der Waals surface area contributed by atoms with Crippen LogP contribution in [0.2, 0.25) is 0 Å². The Hall–Kier alpha value is -4.09. The number of carbonyl (C=O) groups is 1. The van der Waals surface area contributed by atoms with Crippen molar-refractivity contribution < 1.29 is 36.9 Å².